The molecule has 0 aliphatic carbocycles. The Morgan fingerprint density at radius 2 is 1.79 bits per heavy atom. The summed E-state index contributed by atoms with van der Waals surface area (Å²) in [5, 5.41) is 6.03. The zero-order valence-electron chi connectivity index (χ0n) is 18.4. The highest BCUT2D eigenvalue weighted by Gasteiger charge is 2.66. The molecule has 3 heterocycles. The van der Waals surface area contributed by atoms with Crippen LogP contribution in [0.1, 0.15) is 24.1 Å². The Kier molecular flexibility index (Phi) is 5.03. The first-order chi connectivity index (χ1) is 16.0. The van der Waals surface area contributed by atoms with Gasteiger partial charge in [-0.05, 0) is 30.2 Å². The molecule has 0 bridgehead atoms. The van der Waals surface area contributed by atoms with E-state index in [0.29, 0.717) is 11.5 Å². The minimum Gasteiger partial charge on any atom is -0.497 e. The van der Waals surface area contributed by atoms with Crippen LogP contribution in [-0.4, -0.2) is 55.9 Å². The number of carbonyl (C=O) groups is 3. The van der Waals surface area contributed by atoms with Crippen LogP contribution < -0.4 is 14.4 Å². The van der Waals surface area contributed by atoms with Crippen LogP contribution in [-0.2, 0) is 19.1 Å². The van der Waals surface area contributed by atoms with Crippen molar-refractivity contribution in [2.45, 2.75) is 19.0 Å². The molecule has 4 atom stereocenters. The first kappa shape index (κ1) is 21.0. The van der Waals surface area contributed by atoms with Crippen LogP contribution in [0.25, 0.3) is 0 Å². The third-order valence-corrected chi connectivity index (χ3v) is 6.45. The Balaban J connectivity index is 1.65. The van der Waals surface area contributed by atoms with Gasteiger partial charge in [-0.2, -0.15) is 5.10 Å². The quantitative estimate of drug-likeness (QED) is 0.510. The van der Waals surface area contributed by atoms with Gasteiger partial charge >= 0.3 is 5.97 Å². The monoisotopic (exact) mass is 449 g/mol. The van der Waals surface area contributed by atoms with E-state index in [2.05, 4.69) is 5.10 Å². The summed E-state index contributed by atoms with van der Waals surface area (Å²) in [5.74, 6) is -2.40. The van der Waals surface area contributed by atoms with Crippen LogP contribution in [0, 0.1) is 11.8 Å². The average Bonchev–Trinajstić information content (AvgIpc) is 3.31. The smallest absolute Gasteiger partial charge is 0.331 e. The van der Waals surface area contributed by atoms with E-state index in [1.165, 1.54) is 14.2 Å². The topological polar surface area (TPSA) is 97.7 Å². The summed E-state index contributed by atoms with van der Waals surface area (Å²) in [6, 6.07) is 10.9. The van der Waals surface area contributed by atoms with Gasteiger partial charge in [-0.15, -0.1) is 0 Å². The molecule has 9 nitrogen and oxygen atoms in total. The number of imide groups is 1. The Bertz CT molecular complexity index is 1180. The highest BCUT2D eigenvalue weighted by atomic mass is 16.5. The summed E-state index contributed by atoms with van der Waals surface area (Å²) in [7, 11) is 2.96. The Morgan fingerprint density at radius 1 is 1.03 bits per heavy atom. The number of benzene rings is 2. The molecule has 0 unspecified atom stereocenters. The fraction of sp³-hybridized carbons (Fsp3) is 0.333. The van der Waals surface area contributed by atoms with Gasteiger partial charge in [0.25, 0.3) is 0 Å². The molecule has 9 heteroatoms. The molecule has 3 aliphatic heterocycles. The first-order valence-electron chi connectivity index (χ1n) is 10.7. The van der Waals surface area contributed by atoms with Crippen LogP contribution in [0.4, 0.5) is 5.69 Å². The lowest BCUT2D eigenvalue weighted by molar-refractivity contribution is -0.152. The van der Waals surface area contributed by atoms with Gasteiger partial charge in [0.2, 0.25) is 11.8 Å². The summed E-state index contributed by atoms with van der Waals surface area (Å²) in [4.78, 5) is 41.7. The summed E-state index contributed by atoms with van der Waals surface area (Å²) < 4.78 is 16.0. The van der Waals surface area contributed by atoms with Gasteiger partial charge < -0.3 is 14.2 Å². The molecule has 33 heavy (non-hydrogen) atoms. The highest BCUT2D eigenvalue weighted by Crippen LogP contribution is 2.53. The van der Waals surface area contributed by atoms with E-state index in [1.807, 2.05) is 24.3 Å². The van der Waals surface area contributed by atoms with Crippen molar-refractivity contribution in [3.63, 3.8) is 0 Å². The van der Waals surface area contributed by atoms with Crippen LogP contribution in [0.3, 0.4) is 0 Å². The van der Waals surface area contributed by atoms with Crippen molar-refractivity contribution in [2.75, 3.05) is 25.7 Å². The molecular formula is C24H23N3O6. The van der Waals surface area contributed by atoms with Gasteiger partial charge in [-0.3, -0.25) is 14.6 Å². The molecule has 2 saturated heterocycles. The highest BCUT2D eigenvalue weighted by molar-refractivity contribution is 6.24. The molecule has 0 saturated carbocycles. The summed E-state index contributed by atoms with van der Waals surface area (Å²) >= 11 is 0. The molecule has 2 aromatic rings. The molecule has 170 valence electrons. The van der Waals surface area contributed by atoms with E-state index in [9.17, 15) is 14.4 Å². The molecule has 3 aliphatic rings. The Labute approximate surface area is 190 Å². The van der Waals surface area contributed by atoms with Crippen molar-refractivity contribution in [2.24, 2.45) is 16.9 Å². The Hall–Kier alpha value is -3.88. The van der Waals surface area contributed by atoms with Gasteiger partial charge in [0.1, 0.15) is 11.5 Å². The molecule has 5 rings (SSSR count). The van der Waals surface area contributed by atoms with E-state index < -0.39 is 41.7 Å². The third kappa shape index (κ3) is 2.99. The average molecular weight is 449 g/mol. The largest absolute Gasteiger partial charge is 0.497 e. The van der Waals surface area contributed by atoms with Crippen LogP contribution in [0.2, 0.25) is 0 Å². The van der Waals surface area contributed by atoms with E-state index >= 15 is 0 Å². The summed E-state index contributed by atoms with van der Waals surface area (Å²) in [5.41, 5.74) is 1.97. The number of hydrazone groups is 1. The number of methoxy groups -OCH3 is 2. The zero-order chi connectivity index (χ0) is 23.3. The van der Waals surface area contributed by atoms with Gasteiger partial charge in [0, 0.05) is 6.07 Å². The second-order valence-electron chi connectivity index (χ2n) is 8.00. The zero-order valence-corrected chi connectivity index (χ0v) is 18.4. The minimum absolute atomic E-state index is 0.154. The molecule has 0 spiro atoms. The van der Waals surface area contributed by atoms with Gasteiger partial charge in [-0.1, -0.05) is 24.3 Å². The van der Waals surface area contributed by atoms with Crippen molar-refractivity contribution >= 4 is 29.7 Å². The number of ether oxygens (including phenoxy) is 3. The number of esters is 1. The lowest BCUT2D eigenvalue weighted by atomic mass is 9.85. The summed E-state index contributed by atoms with van der Waals surface area (Å²) in [6.07, 6.45) is 1.65. The maximum atomic E-state index is 13.8. The van der Waals surface area contributed by atoms with E-state index in [4.69, 9.17) is 14.2 Å². The number of anilines is 1. The number of hydrogen-bond donors (Lipinski definition) is 0. The number of nitrogens with zero attached hydrogens (tertiary/aromatic N) is 3. The van der Waals surface area contributed by atoms with Gasteiger partial charge in [0.15, 0.2) is 6.04 Å². The molecule has 0 aromatic heterocycles. The molecule has 2 amide bonds. The number of amides is 2. The number of hydrogen-bond acceptors (Lipinski definition) is 8. The summed E-state index contributed by atoms with van der Waals surface area (Å²) in [6.45, 7) is 1.85. The van der Waals surface area contributed by atoms with Crippen molar-refractivity contribution in [1.29, 1.82) is 0 Å². The van der Waals surface area contributed by atoms with E-state index in [-0.39, 0.29) is 12.3 Å². The molecule has 0 radical (unpaired) electrons. The fourth-order valence-corrected chi connectivity index (χ4v) is 5.08. The number of fused-ring (bicyclic) bond motifs is 5. The Morgan fingerprint density at radius 3 is 2.52 bits per heavy atom. The lowest BCUT2D eigenvalue weighted by Crippen LogP contribution is -2.45. The first-order valence-corrected chi connectivity index (χ1v) is 10.7. The maximum Gasteiger partial charge on any atom is 0.331 e. The van der Waals surface area contributed by atoms with E-state index in [0.717, 1.165) is 16.0 Å². The third-order valence-electron chi connectivity index (χ3n) is 6.45. The fourth-order valence-electron chi connectivity index (χ4n) is 5.08. The second kappa shape index (κ2) is 7.91. The van der Waals surface area contributed by atoms with Crippen LogP contribution >= 0.6 is 0 Å². The van der Waals surface area contributed by atoms with Crippen molar-refractivity contribution in [3.05, 3.63) is 53.6 Å². The molecular weight excluding hydrogens is 426 g/mol. The van der Waals surface area contributed by atoms with Gasteiger partial charge in [0.05, 0.1) is 50.6 Å². The van der Waals surface area contributed by atoms with Crippen molar-refractivity contribution in [3.8, 4) is 11.5 Å². The standard InChI is InChI=1S/C24H23N3O6/c1-4-33-24(30)21-19-18(20-15-8-6-5-7-13(15)12-25-27(20)21)22(28)26(23(19)29)16-11-14(31-2)9-10-17(16)32-3/h5-12,18-21H,4H2,1-3H3/t18-,19+,20+,21-/m0/s1. The number of carbonyl (C=O) groups excluding carboxylic acids is 3. The predicted octanol–water partition coefficient (Wildman–Crippen LogP) is 2.15. The second-order valence-corrected chi connectivity index (χ2v) is 8.00. The molecule has 2 fully saturated rings. The van der Waals surface area contributed by atoms with Crippen molar-refractivity contribution in [1.82, 2.24) is 5.01 Å². The molecule has 2 aromatic carbocycles. The van der Waals surface area contributed by atoms with Crippen LogP contribution in [0.15, 0.2) is 47.6 Å². The maximum absolute atomic E-state index is 13.8. The van der Waals surface area contributed by atoms with E-state index in [1.54, 1.807) is 36.3 Å². The minimum atomic E-state index is -1.01. The predicted molar refractivity (Wildman–Crippen MR) is 118 cm³/mol. The number of rotatable bonds is 5. The SMILES string of the molecule is CCOC(=O)[C@@H]1[C@@H]2C(=O)N(c3cc(OC)ccc3OC)C(=O)[C@@H]2[C@H]2c3ccccc3C=NN12. The van der Waals surface area contributed by atoms with Crippen molar-refractivity contribution < 1.29 is 28.6 Å². The van der Waals surface area contributed by atoms with Gasteiger partial charge in [-0.25, -0.2) is 9.69 Å². The normalized spacial score (nSPS) is 24.9. The van der Waals surface area contributed by atoms with Crippen LogP contribution in [0.5, 0.6) is 11.5 Å². The lowest BCUT2D eigenvalue weighted by Gasteiger charge is -2.33. The molecule has 0 N–H and O–H groups in total.